The summed E-state index contributed by atoms with van der Waals surface area (Å²) in [6.07, 6.45) is 3.45. The van der Waals surface area contributed by atoms with Crippen LogP contribution in [0.1, 0.15) is 5.69 Å². The van der Waals surface area contributed by atoms with E-state index in [1.807, 2.05) is 24.3 Å². The number of carbonyl (C=O) groups excluding carboxylic acids is 1. The lowest BCUT2D eigenvalue weighted by Gasteiger charge is -2.35. The molecule has 0 saturated carbocycles. The van der Waals surface area contributed by atoms with Gasteiger partial charge in [0.15, 0.2) is 5.82 Å². The van der Waals surface area contributed by atoms with E-state index in [1.165, 1.54) is 10.7 Å². The lowest BCUT2D eigenvalue weighted by atomic mass is 10.2. The zero-order chi connectivity index (χ0) is 20.2. The van der Waals surface area contributed by atoms with Crippen molar-refractivity contribution < 1.29 is 4.79 Å². The molecule has 9 nitrogen and oxygen atoms in total. The summed E-state index contributed by atoms with van der Waals surface area (Å²) in [5.74, 6) is 0.676. The fourth-order valence-electron chi connectivity index (χ4n) is 3.25. The maximum absolute atomic E-state index is 12.6. The van der Waals surface area contributed by atoms with Gasteiger partial charge < -0.3 is 9.80 Å². The van der Waals surface area contributed by atoms with Gasteiger partial charge in [0.05, 0.1) is 11.4 Å². The van der Waals surface area contributed by atoms with E-state index in [0.717, 1.165) is 17.1 Å². The van der Waals surface area contributed by atoms with Crippen LogP contribution in [0.15, 0.2) is 53.6 Å². The summed E-state index contributed by atoms with van der Waals surface area (Å²) in [5, 5.41) is 12.8. The zero-order valence-corrected chi connectivity index (χ0v) is 16.1. The molecule has 9 heteroatoms. The molecule has 29 heavy (non-hydrogen) atoms. The summed E-state index contributed by atoms with van der Waals surface area (Å²) in [6, 6.07) is 10.7. The Hall–Kier alpha value is -3.62. The number of anilines is 1. The Morgan fingerprint density at radius 3 is 2.41 bits per heavy atom. The Morgan fingerprint density at radius 2 is 1.72 bits per heavy atom. The molecule has 1 saturated heterocycles. The highest BCUT2D eigenvalue weighted by molar-refractivity contribution is 5.76. The van der Waals surface area contributed by atoms with Gasteiger partial charge in [0, 0.05) is 50.2 Å². The molecule has 0 spiro atoms. The van der Waals surface area contributed by atoms with Crippen LogP contribution in [-0.4, -0.2) is 61.9 Å². The van der Waals surface area contributed by atoms with Gasteiger partial charge in [-0.25, -0.2) is 4.68 Å². The van der Waals surface area contributed by atoms with Gasteiger partial charge in [-0.1, -0.05) is 0 Å². The minimum atomic E-state index is -0.271. The van der Waals surface area contributed by atoms with Gasteiger partial charge in [-0.2, -0.15) is 5.10 Å². The molecule has 1 aliphatic heterocycles. The maximum atomic E-state index is 12.6. The third-order valence-electron chi connectivity index (χ3n) is 4.87. The number of carbonyl (C=O) groups is 1. The average molecular weight is 391 g/mol. The fourth-order valence-corrected chi connectivity index (χ4v) is 3.25. The van der Waals surface area contributed by atoms with E-state index < -0.39 is 0 Å². The second-order valence-corrected chi connectivity index (χ2v) is 6.85. The molecule has 3 aromatic heterocycles. The van der Waals surface area contributed by atoms with Crippen molar-refractivity contribution in [2.24, 2.45) is 0 Å². The van der Waals surface area contributed by atoms with E-state index in [9.17, 15) is 9.59 Å². The molecule has 1 aliphatic rings. The topological polar surface area (TPSA) is 97.1 Å². The number of rotatable bonds is 4. The summed E-state index contributed by atoms with van der Waals surface area (Å²) in [4.78, 5) is 32.3. The molecule has 4 heterocycles. The van der Waals surface area contributed by atoms with Crippen LogP contribution in [0.4, 0.5) is 5.82 Å². The molecule has 1 amide bonds. The minimum absolute atomic E-state index is 0.0407. The van der Waals surface area contributed by atoms with E-state index >= 15 is 0 Å². The number of hydrogen-bond acceptors (Lipinski definition) is 7. The first-order chi connectivity index (χ1) is 14.1. The number of hydrogen-bond donors (Lipinski definition) is 0. The molecule has 0 aliphatic carbocycles. The molecule has 1 fully saturated rings. The van der Waals surface area contributed by atoms with Crippen LogP contribution < -0.4 is 10.5 Å². The molecule has 3 aromatic rings. The second-order valence-electron chi connectivity index (χ2n) is 6.85. The van der Waals surface area contributed by atoms with Gasteiger partial charge in [0.2, 0.25) is 5.91 Å². The first kappa shape index (κ1) is 18.7. The standard InChI is InChI=1S/C20H21N7O2/c1-15-2-5-19(28)27(24-15)14-20(29)26-12-10-25(11-13-26)18-4-3-17(22-23-18)16-6-8-21-9-7-16/h2-9H,10-14H2,1H3. The van der Waals surface area contributed by atoms with E-state index in [-0.39, 0.29) is 18.0 Å². The molecule has 4 rings (SSSR count). The van der Waals surface area contributed by atoms with Crippen molar-refractivity contribution in [2.45, 2.75) is 13.5 Å². The number of amides is 1. The minimum Gasteiger partial charge on any atom is -0.352 e. The normalized spacial score (nSPS) is 14.1. The molecular weight excluding hydrogens is 370 g/mol. The van der Waals surface area contributed by atoms with Crippen molar-refractivity contribution in [1.82, 2.24) is 29.9 Å². The molecule has 0 bridgehead atoms. The van der Waals surface area contributed by atoms with Crippen molar-refractivity contribution in [3.63, 3.8) is 0 Å². The van der Waals surface area contributed by atoms with Crippen molar-refractivity contribution in [3.8, 4) is 11.3 Å². The first-order valence-corrected chi connectivity index (χ1v) is 9.42. The molecule has 0 atom stereocenters. The Kier molecular flexibility index (Phi) is 5.28. The number of aryl methyl sites for hydroxylation is 1. The largest absolute Gasteiger partial charge is 0.352 e. The lowest BCUT2D eigenvalue weighted by Crippen LogP contribution is -2.50. The maximum Gasteiger partial charge on any atom is 0.267 e. The van der Waals surface area contributed by atoms with Crippen LogP contribution >= 0.6 is 0 Å². The predicted molar refractivity (Wildman–Crippen MR) is 107 cm³/mol. The highest BCUT2D eigenvalue weighted by atomic mass is 16.2. The van der Waals surface area contributed by atoms with E-state index in [2.05, 4.69) is 25.2 Å². The van der Waals surface area contributed by atoms with E-state index in [0.29, 0.717) is 31.9 Å². The van der Waals surface area contributed by atoms with Gasteiger partial charge in [-0.15, -0.1) is 10.2 Å². The third-order valence-corrected chi connectivity index (χ3v) is 4.87. The van der Waals surface area contributed by atoms with Gasteiger partial charge in [-0.3, -0.25) is 14.6 Å². The van der Waals surface area contributed by atoms with E-state index in [1.54, 1.807) is 30.3 Å². The van der Waals surface area contributed by atoms with Crippen molar-refractivity contribution >= 4 is 11.7 Å². The van der Waals surface area contributed by atoms with Crippen LogP contribution in [0.3, 0.4) is 0 Å². The second kappa shape index (κ2) is 8.17. The summed E-state index contributed by atoms with van der Waals surface area (Å²) in [6.45, 7) is 4.19. The summed E-state index contributed by atoms with van der Waals surface area (Å²) in [7, 11) is 0. The summed E-state index contributed by atoms with van der Waals surface area (Å²) >= 11 is 0. The van der Waals surface area contributed by atoms with Gasteiger partial charge in [0.25, 0.3) is 5.56 Å². The Balaban J connectivity index is 1.36. The number of piperazine rings is 1. The number of aromatic nitrogens is 5. The zero-order valence-electron chi connectivity index (χ0n) is 16.1. The van der Waals surface area contributed by atoms with Gasteiger partial charge >= 0.3 is 0 Å². The van der Waals surface area contributed by atoms with Crippen LogP contribution in [0, 0.1) is 6.92 Å². The van der Waals surface area contributed by atoms with E-state index in [4.69, 9.17) is 0 Å². The van der Waals surface area contributed by atoms with Gasteiger partial charge in [-0.05, 0) is 37.3 Å². The SMILES string of the molecule is Cc1ccc(=O)n(CC(=O)N2CCN(c3ccc(-c4ccncc4)nn3)CC2)n1. The average Bonchev–Trinajstić information content (AvgIpc) is 2.77. The Morgan fingerprint density at radius 1 is 0.966 bits per heavy atom. The highest BCUT2D eigenvalue weighted by Crippen LogP contribution is 2.18. The highest BCUT2D eigenvalue weighted by Gasteiger charge is 2.22. The smallest absolute Gasteiger partial charge is 0.267 e. The molecule has 0 radical (unpaired) electrons. The van der Waals surface area contributed by atoms with Crippen molar-refractivity contribution in [3.05, 3.63) is 64.8 Å². The lowest BCUT2D eigenvalue weighted by molar-refractivity contribution is -0.132. The van der Waals surface area contributed by atoms with Crippen LogP contribution in [-0.2, 0) is 11.3 Å². The monoisotopic (exact) mass is 391 g/mol. The van der Waals surface area contributed by atoms with Crippen molar-refractivity contribution in [1.29, 1.82) is 0 Å². The Labute approximate surface area is 167 Å². The third kappa shape index (κ3) is 4.29. The number of nitrogens with zero attached hydrogens (tertiary/aromatic N) is 7. The molecule has 148 valence electrons. The molecule has 0 unspecified atom stereocenters. The molecular formula is C20H21N7O2. The number of pyridine rings is 1. The quantitative estimate of drug-likeness (QED) is 0.647. The molecule has 0 aromatic carbocycles. The molecule has 0 N–H and O–H groups in total. The predicted octanol–water partition coefficient (Wildman–Crippen LogP) is 0.753. The Bertz CT molecular complexity index is 1040. The first-order valence-electron chi connectivity index (χ1n) is 9.42. The van der Waals surface area contributed by atoms with Crippen LogP contribution in [0.25, 0.3) is 11.3 Å². The van der Waals surface area contributed by atoms with Crippen molar-refractivity contribution in [2.75, 3.05) is 31.1 Å². The fraction of sp³-hybridized carbons (Fsp3) is 0.300. The summed E-state index contributed by atoms with van der Waals surface area (Å²) in [5.41, 5.74) is 2.19. The van der Waals surface area contributed by atoms with Gasteiger partial charge in [0.1, 0.15) is 6.54 Å². The summed E-state index contributed by atoms with van der Waals surface area (Å²) < 4.78 is 1.22. The van der Waals surface area contributed by atoms with Crippen LogP contribution in [0.2, 0.25) is 0 Å². The van der Waals surface area contributed by atoms with Crippen LogP contribution in [0.5, 0.6) is 0 Å².